The number of benzene rings is 1. The van der Waals surface area contributed by atoms with Crippen molar-refractivity contribution in [1.29, 1.82) is 5.26 Å². The van der Waals surface area contributed by atoms with Gasteiger partial charge in [-0.1, -0.05) is 11.6 Å². The number of hydrogen-bond acceptors (Lipinski definition) is 4. The van der Waals surface area contributed by atoms with Crippen LogP contribution in [0.2, 0.25) is 5.15 Å². The normalized spacial score (nSPS) is 10.8. The van der Waals surface area contributed by atoms with Crippen LogP contribution in [0.5, 0.6) is 0 Å². The first-order valence-corrected chi connectivity index (χ1v) is 7.13. The molecule has 0 saturated carbocycles. The van der Waals surface area contributed by atoms with Crippen molar-refractivity contribution in [2.24, 2.45) is 0 Å². The summed E-state index contributed by atoms with van der Waals surface area (Å²) in [6.07, 6.45) is 1.35. The van der Waals surface area contributed by atoms with Crippen molar-refractivity contribution in [1.82, 2.24) is 4.98 Å². The summed E-state index contributed by atoms with van der Waals surface area (Å²) in [5, 5.41) is 8.53. The van der Waals surface area contributed by atoms with Gasteiger partial charge in [-0.05, 0) is 30.3 Å². The van der Waals surface area contributed by atoms with Crippen molar-refractivity contribution >= 4 is 27.3 Å². The second-order valence-electron chi connectivity index (χ2n) is 3.70. The standard InChI is InChI=1S/C12H7ClFN3O2S/c13-12-11(2-1-5-16-12)20(18,19)17-9-3-4-10(14)8(6-9)7-15/h1-6,17H. The van der Waals surface area contributed by atoms with Crippen molar-refractivity contribution in [2.45, 2.75) is 4.90 Å². The quantitative estimate of drug-likeness (QED) is 0.883. The monoisotopic (exact) mass is 311 g/mol. The number of rotatable bonds is 3. The zero-order chi connectivity index (χ0) is 14.8. The van der Waals surface area contributed by atoms with Gasteiger partial charge in [-0.15, -0.1) is 0 Å². The molecule has 0 bridgehead atoms. The van der Waals surface area contributed by atoms with Gasteiger partial charge in [0.1, 0.15) is 21.9 Å². The number of anilines is 1. The van der Waals surface area contributed by atoms with Gasteiger partial charge in [-0.2, -0.15) is 5.26 Å². The van der Waals surface area contributed by atoms with Gasteiger partial charge in [-0.25, -0.2) is 17.8 Å². The molecular weight excluding hydrogens is 305 g/mol. The average Bonchev–Trinajstić information content (AvgIpc) is 2.41. The first-order valence-electron chi connectivity index (χ1n) is 5.27. The van der Waals surface area contributed by atoms with Crippen LogP contribution in [-0.2, 0) is 10.0 Å². The van der Waals surface area contributed by atoms with Gasteiger partial charge in [0.15, 0.2) is 0 Å². The van der Waals surface area contributed by atoms with Crippen molar-refractivity contribution in [2.75, 3.05) is 4.72 Å². The minimum atomic E-state index is -3.96. The van der Waals surface area contributed by atoms with Gasteiger partial charge in [0.05, 0.1) is 11.3 Å². The lowest BCUT2D eigenvalue weighted by atomic mass is 10.2. The molecule has 0 aliphatic carbocycles. The second kappa shape index (κ2) is 5.45. The molecule has 0 spiro atoms. The van der Waals surface area contributed by atoms with E-state index in [-0.39, 0.29) is 21.3 Å². The highest BCUT2D eigenvalue weighted by molar-refractivity contribution is 7.92. The molecule has 102 valence electrons. The number of pyridine rings is 1. The van der Waals surface area contributed by atoms with E-state index in [4.69, 9.17) is 16.9 Å². The molecule has 1 aromatic carbocycles. The molecule has 0 aliphatic rings. The zero-order valence-electron chi connectivity index (χ0n) is 9.84. The summed E-state index contributed by atoms with van der Waals surface area (Å²) in [6, 6.07) is 7.63. The average molecular weight is 312 g/mol. The zero-order valence-corrected chi connectivity index (χ0v) is 11.4. The highest BCUT2D eigenvalue weighted by atomic mass is 35.5. The Bertz CT molecular complexity index is 803. The number of halogens is 2. The summed E-state index contributed by atoms with van der Waals surface area (Å²) in [4.78, 5) is 3.46. The van der Waals surface area contributed by atoms with Crippen molar-refractivity contribution in [3.8, 4) is 6.07 Å². The molecule has 0 atom stereocenters. The summed E-state index contributed by atoms with van der Waals surface area (Å²) in [7, 11) is -3.96. The van der Waals surface area contributed by atoms with E-state index in [1.807, 2.05) is 0 Å². The van der Waals surface area contributed by atoms with Gasteiger partial charge in [0, 0.05) is 6.20 Å². The van der Waals surface area contributed by atoms with Crippen molar-refractivity contribution < 1.29 is 12.8 Å². The number of nitrogens with zero attached hydrogens (tertiary/aromatic N) is 2. The maximum atomic E-state index is 13.2. The summed E-state index contributed by atoms with van der Waals surface area (Å²) in [5.74, 6) is -0.727. The highest BCUT2D eigenvalue weighted by Crippen LogP contribution is 2.22. The molecule has 0 radical (unpaired) electrons. The Balaban J connectivity index is 2.39. The summed E-state index contributed by atoms with van der Waals surface area (Å²) in [5.41, 5.74) is -0.203. The van der Waals surface area contributed by atoms with Gasteiger partial charge in [0.2, 0.25) is 0 Å². The molecule has 1 N–H and O–H groups in total. The van der Waals surface area contributed by atoms with Gasteiger partial charge in [0.25, 0.3) is 10.0 Å². The van der Waals surface area contributed by atoms with Crippen LogP contribution in [-0.4, -0.2) is 13.4 Å². The molecule has 1 aromatic heterocycles. The van der Waals surface area contributed by atoms with Crippen LogP contribution in [0.15, 0.2) is 41.4 Å². The minimum absolute atomic E-state index is 0.0582. The molecule has 0 saturated heterocycles. The fourth-order valence-corrected chi connectivity index (χ4v) is 2.96. The Hall–Kier alpha value is -2.17. The van der Waals surface area contributed by atoms with Crippen LogP contribution in [0.1, 0.15) is 5.56 Å². The molecule has 2 rings (SSSR count). The molecule has 5 nitrogen and oxygen atoms in total. The molecule has 0 unspecified atom stereocenters. The largest absolute Gasteiger partial charge is 0.279 e. The van der Waals surface area contributed by atoms with Gasteiger partial charge in [-0.3, -0.25) is 4.72 Å². The topological polar surface area (TPSA) is 82.9 Å². The number of nitriles is 1. The lowest BCUT2D eigenvalue weighted by Gasteiger charge is -2.09. The molecule has 20 heavy (non-hydrogen) atoms. The lowest BCUT2D eigenvalue weighted by Crippen LogP contribution is -2.14. The van der Waals surface area contributed by atoms with Crippen LogP contribution >= 0.6 is 11.6 Å². The third kappa shape index (κ3) is 2.87. The maximum absolute atomic E-state index is 13.2. The Morgan fingerprint density at radius 2 is 2.10 bits per heavy atom. The van der Waals surface area contributed by atoms with Crippen molar-refractivity contribution in [3.63, 3.8) is 0 Å². The van der Waals surface area contributed by atoms with Crippen LogP contribution in [0.3, 0.4) is 0 Å². The van der Waals surface area contributed by atoms with Gasteiger partial charge < -0.3 is 0 Å². The number of hydrogen-bond donors (Lipinski definition) is 1. The van der Waals surface area contributed by atoms with E-state index >= 15 is 0 Å². The Morgan fingerprint density at radius 3 is 2.75 bits per heavy atom. The summed E-state index contributed by atoms with van der Waals surface area (Å²) in [6.45, 7) is 0. The fourth-order valence-electron chi connectivity index (χ4n) is 1.46. The molecule has 0 fully saturated rings. The van der Waals surface area contributed by atoms with E-state index in [0.29, 0.717) is 0 Å². The Kier molecular flexibility index (Phi) is 3.88. The third-order valence-corrected chi connectivity index (χ3v) is 4.18. The van der Waals surface area contributed by atoms with E-state index in [2.05, 4.69) is 9.71 Å². The summed E-state index contributed by atoms with van der Waals surface area (Å²) < 4.78 is 39.6. The minimum Gasteiger partial charge on any atom is -0.279 e. The first-order chi connectivity index (χ1) is 9.44. The molecule has 0 aliphatic heterocycles. The molecule has 8 heteroatoms. The summed E-state index contributed by atoms with van der Waals surface area (Å²) >= 11 is 5.72. The second-order valence-corrected chi connectivity index (χ2v) is 5.71. The number of sulfonamides is 1. The third-order valence-electron chi connectivity index (χ3n) is 2.35. The highest BCUT2D eigenvalue weighted by Gasteiger charge is 2.19. The van der Waals surface area contributed by atoms with Crippen LogP contribution in [0.25, 0.3) is 0 Å². The molecular formula is C12H7ClFN3O2S. The fraction of sp³-hybridized carbons (Fsp3) is 0. The SMILES string of the molecule is N#Cc1cc(NS(=O)(=O)c2cccnc2Cl)ccc1F. The smallest absolute Gasteiger partial charge is 0.264 e. The predicted octanol–water partition coefficient (Wildman–Crippen LogP) is 2.55. The number of nitrogens with one attached hydrogen (secondary N) is 1. The molecule has 2 aromatic rings. The first kappa shape index (κ1) is 14.2. The van der Waals surface area contributed by atoms with Gasteiger partial charge >= 0.3 is 0 Å². The van der Waals surface area contributed by atoms with Crippen LogP contribution < -0.4 is 4.72 Å². The number of aromatic nitrogens is 1. The van der Waals surface area contributed by atoms with Crippen LogP contribution in [0.4, 0.5) is 10.1 Å². The van der Waals surface area contributed by atoms with E-state index < -0.39 is 15.8 Å². The maximum Gasteiger partial charge on any atom is 0.264 e. The molecule has 0 amide bonds. The predicted molar refractivity (Wildman–Crippen MR) is 71.2 cm³/mol. The molecule has 1 heterocycles. The van der Waals surface area contributed by atoms with E-state index in [9.17, 15) is 12.8 Å². The van der Waals surface area contributed by atoms with Crippen LogP contribution in [0, 0.1) is 17.1 Å². The van der Waals surface area contributed by atoms with E-state index in [0.717, 1.165) is 12.1 Å². The van der Waals surface area contributed by atoms with Crippen molar-refractivity contribution in [3.05, 3.63) is 53.1 Å². The van der Waals surface area contributed by atoms with E-state index in [1.165, 1.54) is 24.4 Å². The van der Waals surface area contributed by atoms with E-state index in [1.54, 1.807) is 6.07 Å². The Morgan fingerprint density at radius 1 is 1.35 bits per heavy atom. The lowest BCUT2D eigenvalue weighted by molar-refractivity contribution is 0.600. The Labute approximate surface area is 119 Å².